The van der Waals surface area contributed by atoms with E-state index in [9.17, 15) is 13.2 Å². The number of hydrogen-bond acceptors (Lipinski definition) is 5. The number of piperazine rings is 1. The fourth-order valence-corrected chi connectivity index (χ4v) is 3.40. The molecule has 0 saturated carbocycles. The largest absolute Gasteiger partial charge is 0.325 e. The molecule has 2 rings (SSSR count). The predicted molar refractivity (Wildman–Crippen MR) is 89.8 cm³/mol. The Morgan fingerprint density at radius 3 is 2.83 bits per heavy atom. The highest BCUT2D eigenvalue weighted by molar-refractivity contribution is 7.89. The molecule has 0 radical (unpaired) electrons. The lowest BCUT2D eigenvalue weighted by Crippen LogP contribution is -2.51. The van der Waals surface area contributed by atoms with Gasteiger partial charge in [0, 0.05) is 45.5 Å². The van der Waals surface area contributed by atoms with E-state index < -0.39 is 10.0 Å². The highest BCUT2D eigenvalue weighted by atomic mass is 32.2. The fraction of sp³-hybridized carbons (Fsp3) is 0.533. The number of carbonyl (C=O) groups is 1. The molecule has 1 atom stereocenters. The van der Waals surface area contributed by atoms with Gasteiger partial charge >= 0.3 is 0 Å². The Hall–Kier alpha value is -1.48. The molecule has 128 valence electrons. The van der Waals surface area contributed by atoms with Crippen LogP contribution >= 0.6 is 0 Å². The summed E-state index contributed by atoms with van der Waals surface area (Å²) in [4.78, 5) is 14.5. The molecule has 1 fully saturated rings. The maximum absolute atomic E-state index is 12.2. The van der Waals surface area contributed by atoms with Gasteiger partial charge in [-0.05, 0) is 25.1 Å². The van der Waals surface area contributed by atoms with Crippen LogP contribution in [0.1, 0.15) is 6.92 Å². The molecule has 8 heteroatoms. The highest BCUT2D eigenvalue weighted by Gasteiger charge is 2.21. The minimum atomic E-state index is -3.51. The molecule has 0 spiro atoms. The van der Waals surface area contributed by atoms with Gasteiger partial charge in [-0.15, -0.1) is 0 Å². The fourth-order valence-electron chi connectivity index (χ4n) is 2.45. The van der Waals surface area contributed by atoms with Crippen molar-refractivity contribution >= 4 is 21.6 Å². The molecular weight excluding hydrogens is 316 g/mol. The van der Waals surface area contributed by atoms with Crippen LogP contribution in [0.15, 0.2) is 29.2 Å². The Kier molecular flexibility index (Phi) is 5.74. The molecule has 1 amide bonds. The van der Waals surface area contributed by atoms with E-state index in [2.05, 4.69) is 22.5 Å². The highest BCUT2D eigenvalue weighted by Crippen LogP contribution is 2.18. The molecule has 0 unspecified atom stereocenters. The van der Waals surface area contributed by atoms with Gasteiger partial charge in [0.2, 0.25) is 15.9 Å². The smallest absolute Gasteiger partial charge is 0.242 e. The van der Waals surface area contributed by atoms with Crippen molar-refractivity contribution in [3.05, 3.63) is 24.3 Å². The molecule has 2 N–H and O–H groups in total. The Morgan fingerprint density at radius 1 is 1.43 bits per heavy atom. The first-order valence-electron chi connectivity index (χ1n) is 7.58. The van der Waals surface area contributed by atoms with Crippen LogP contribution in [0.25, 0.3) is 0 Å². The van der Waals surface area contributed by atoms with Gasteiger partial charge in [-0.1, -0.05) is 6.07 Å². The summed E-state index contributed by atoms with van der Waals surface area (Å²) >= 11 is 0. The van der Waals surface area contributed by atoms with Crippen LogP contribution in [0.3, 0.4) is 0 Å². The minimum absolute atomic E-state index is 0.141. The van der Waals surface area contributed by atoms with Crippen molar-refractivity contribution in [2.24, 2.45) is 0 Å². The first-order chi connectivity index (χ1) is 10.8. The number of rotatable bonds is 5. The molecule has 1 saturated heterocycles. The third-order valence-corrected chi connectivity index (χ3v) is 5.69. The average Bonchev–Trinajstić information content (AvgIpc) is 2.49. The van der Waals surface area contributed by atoms with Crippen LogP contribution in [0.4, 0.5) is 5.69 Å². The third kappa shape index (κ3) is 4.51. The van der Waals surface area contributed by atoms with Crippen molar-refractivity contribution in [2.75, 3.05) is 45.6 Å². The lowest BCUT2D eigenvalue weighted by atomic mass is 10.2. The summed E-state index contributed by atoms with van der Waals surface area (Å²) in [5.74, 6) is -0.141. The standard InChI is InChI=1S/C15H24N4O3S/c1-12-10-16-7-8-19(12)11-15(20)17-13-5-4-6-14(9-13)23(21,22)18(2)3/h4-6,9,12,16H,7-8,10-11H2,1-3H3,(H,17,20)/t12-/m0/s1. The first-order valence-corrected chi connectivity index (χ1v) is 9.02. The number of amides is 1. The van der Waals surface area contributed by atoms with E-state index in [0.29, 0.717) is 18.3 Å². The van der Waals surface area contributed by atoms with Gasteiger partial charge in [0.15, 0.2) is 0 Å². The molecule has 1 aromatic carbocycles. The van der Waals surface area contributed by atoms with Crippen molar-refractivity contribution in [2.45, 2.75) is 17.9 Å². The van der Waals surface area contributed by atoms with Crippen molar-refractivity contribution < 1.29 is 13.2 Å². The van der Waals surface area contributed by atoms with E-state index in [-0.39, 0.29) is 10.8 Å². The minimum Gasteiger partial charge on any atom is -0.325 e. The molecule has 0 aliphatic carbocycles. The SMILES string of the molecule is C[C@H]1CNCCN1CC(=O)Nc1cccc(S(=O)(=O)N(C)C)c1. The van der Waals surface area contributed by atoms with Gasteiger partial charge in [0.25, 0.3) is 0 Å². The summed E-state index contributed by atoms with van der Waals surface area (Å²) in [6.45, 7) is 4.93. The second kappa shape index (κ2) is 7.39. The average molecular weight is 340 g/mol. The molecule has 1 aliphatic heterocycles. The molecule has 23 heavy (non-hydrogen) atoms. The Bertz CT molecular complexity index is 660. The summed E-state index contributed by atoms with van der Waals surface area (Å²) < 4.78 is 25.4. The van der Waals surface area contributed by atoms with Crippen molar-refractivity contribution in [1.82, 2.24) is 14.5 Å². The van der Waals surface area contributed by atoms with E-state index in [4.69, 9.17) is 0 Å². The van der Waals surface area contributed by atoms with E-state index >= 15 is 0 Å². The van der Waals surface area contributed by atoms with Crippen LogP contribution in [0.2, 0.25) is 0 Å². The summed E-state index contributed by atoms with van der Waals surface area (Å²) in [5.41, 5.74) is 0.487. The monoisotopic (exact) mass is 340 g/mol. The Labute approximate surface area is 137 Å². The van der Waals surface area contributed by atoms with Crippen LogP contribution < -0.4 is 10.6 Å². The topological polar surface area (TPSA) is 81.8 Å². The zero-order valence-electron chi connectivity index (χ0n) is 13.7. The van der Waals surface area contributed by atoms with Crippen molar-refractivity contribution in [3.63, 3.8) is 0 Å². The molecule has 0 bridgehead atoms. The van der Waals surface area contributed by atoms with Crippen LogP contribution in [0.5, 0.6) is 0 Å². The first kappa shape index (κ1) is 17.9. The van der Waals surface area contributed by atoms with Crippen LogP contribution in [0, 0.1) is 0 Å². The quantitative estimate of drug-likeness (QED) is 0.798. The normalized spacial score (nSPS) is 19.7. The van der Waals surface area contributed by atoms with Gasteiger partial charge in [-0.3, -0.25) is 9.69 Å². The van der Waals surface area contributed by atoms with E-state index in [1.165, 1.54) is 26.2 Å². The summed E-state index contributed by atoms with van der Waals surface area (Å²) in [6, 6.07) is 6.61. The number of nitrogens with zero attached hydrogens (tertiary/aromatic N) is 2. The number of nitrogens with one attached hydrogen (secondary N) is 2. The predicted octanol–water partition coefficient (Wildman–Crippen LogP) is 0.169. The maximum Gasteiger partial charge on any atom is 0.242 e. The molecule has 1 aromatic rings. The molecule has 0 aromatic heterocycles. The van der Waals surface area contributed by atoms with Gasteiger partial charge in [-0.2, -0.15) is 0 Å². The van der Waals surface area contributed by atoms with E-state index in [1.54, 1.807) is 12.1 Å². The molecular formula is C15H24N4O3S. The van der Waals surface area contributed by atoms with Gasteiger partial charge < -0.3 is 10.6 Å². The molecule has 7 nitrogen and oxygen atoms in total. The summed E-state index contributed by atoms with van der Waals surface area (Å²) in [6.07, 6.45) is 0. The van der Waals surface area contributed by atoms with Crippen LogP contribution in [-0.2, 0) is 14.8 Å². The molecule has 1 heterocycles. The van der Waals surface area contributed by atoms with E-state index in [1.807, 2.05) is 0 Å². The molecule has 1 aliphatic rings. The summed E-state index contributed by atoms with van der Waals surface area (Å²) in [7, 11) is -0.551. The Morgan fingerprint density at radius 2 is 2.17 bits per heavy atom. The van der Waals surface area contributed by atoms with Crippen LogP contribution in [-0.4, -0.2) is 69.8 Å². The van der Waals surface area contributed by atoms with Gasteiger partial charge in [-0.25, -0.2) is 12.7 Å². The third-order valence-electron chi connectivity index (χ3n) is 3.88. The zero-order chi connectivity index (χ0) is 17.0. The van der Waals surface area contributed by atoms with Gasteiger partial charge in [0.1, 0.15) is 0 Å². The van der Waals surface area contributed by atoms with Gasteiger partial charge in [0.05, 0.1) is 11.4 Å². The number of anilines is 1. The second-order valence-corrected chi connectivity index (χ2v) is 8.04. The number of carbonyl (C=O) groups excluding carboxylic acids is 1. The second-order valence-electron chi connectivity index (χ2n) is 5.89. The lowest BCUT2D eigenvalue weighted by Gasteiger charge is -2.33. The summed E-state index contributed by atoms with van der Waals surface area (Å²) in [5, 5.41) is 6.05. The number of benzene rings is 1. The van der Waals surface area contributed by atoms with Crippen molar-refractivity contribution in [1.29, 1.82) is 0 Å². The number of hydrogen-bond donors (Lipinski definition) is 2. The lowest BCUT2D eigenvalue weighted by molar-refractivity contribution is -0.118. The maximum atomic E-state index is 12.2. The van der Waals surface area contributed by atoms with Crippen molar-refractivity contribution in [3.8, 4) is 0 Å². The zero-order valence-corrected chi connectivity index (χ0v) is 14.6. The Balaban J connectivity index is 2.04. The number of sulfonamides is 1. The van der Waals surface area contributed by atoms with E-state index in [0.717, 1.165) is 23.9 Å².